The molecule has 22 heavy (non-hydrogen) atoms. The average Bonchev–Trinajstić information content (AvgIpc) is 2.94. The molecule has 120 valence electrons. The highest BCUT2D eigenvalue weighted by molar-refractivity contribution is 5.91. The van der Waals surface area contributed by atoms with Crippen LogP contribution in [-0.4, -0.2) is 31.8 Å². The number of ether oxygens (including phenoxy) is 1. The van der Waals surface area contributed by atoms with Gasteiger partial charge in [-0.3, -0.25) is 4.90 Å². The van der Waals surface area contributed by atoms with Crippen LogP contribution in [0.2, 0.25) is 0 Å². The number of anilines is 2. The van der Waals surface area contributed by atoms with Crippen molar-refractivity contribution in [3.8, 4) is 0 Å². The van der Waals surface area contributed by atoms with E-state index in [1.165, 1.54) is 12.8 Å². The van der Waals surface area contributed by atoms with Crippen LogP contribution in [0.4, 0.5) is 21.0 Å². The van der Waals surface area contributed by atoms with E-state index in [0.717, 1.165) is 18.5 Å². The van der Waals surface area contributed by atoms with Gasteiger partial charge in [-0.1, -0.05) is 26.2 Å². The maximum atomic E-state index is 11.7. The average molecular weight is 305 g/mol. The van der Waals surface area contributed by atoms with E-state index in [9.17, 15) is 9.59 Å². The normalized spacial score (nSPS) is 13.9. The molecule has 6 nitrogen and oxygen atoms in total. The van der Waals surface area contributed by atoms with E-state index in [-0.39, 0.29) is 12.1 Å². The first kappa shape index (κ1) is 16.1. The van der Waals surface area contributed by atoms with Gasteiger partial charge in [0.2, 0.25) is 0 Å². The second kappa shape index (κ2) is 8.26. The summed E-state index contributed by atoms with van der Waals surface area (Å²) in [5, 5.41) is 5.61. The number of hydrogen-bond acceptors (Lipinski definition) is 3. The van der Waals surface area contributed by atoms with Crippen LogP contribution in [-0.2, 0) is 4.74 Å². The highest BCUT2D eigenvalue weighted by atomic mass is 16.6. The van der Waals surface area contributed by atoms with Crippen molar-refractivity contribution in [2.45, 2.75) is 32.6 Å². The van der Waals surface area contributed by atoms with E-state index < -0.39 is 0 Å². The Hall–Kier alpha value is -2.24. The maximum absolute atomic E-state index is 11.7. The molecule has 0 aliphatic carbocycles. The Morgan fingerprint density at radius 3 is 2.64 bits per heavy atom. The predicted molar refractivity (Wildman–Crippen MR) is 86.3 cm³/mol. The molecule has 1 saturated heterocycles. The summed E-state index contributed by atoms with van der Waals surface area (Å²) in [6.45, 7) is 3.82. The molecule has 0 bridgehead atoms. The number of cyclic esters (lactones) is 1. The summed E-state index contributed by atoms with van der Waals surface area (Å²) in [4.78, 5) is 24.8. The molecule has 6 heteroatoms. The fourth-order valence-electron chi connectivity index (χ4n) is 2.28. The Morgan fingerprint density at radius 2 is 2.00 bits per heavy atom. The third-order valence-electron chi connectivity index (χ3n) is 3.51. The number of carbonyl (C=O) groups excluding carboxylic acids is 2. The Morgan fingerprint density at radius 1 is 1.23 bits per heavy atom. The van der Waals surface area contributed by atoms with Gasteiger partial charge in [0.25, 0.3) is 0 Å². The van der Waals surface area contributed by atoms with Gasteiger partial charge in [0, 0.05) is 17.9 Å². The van der Waals surface area contributed by atoms with Crippen LogP contribution < -0.4 is 15.5 Å². The summed E-state index contributed by atoms with van der Waals surface area (Å²) in [5.74, 6) is 0. The van der Waals surface area contributed by atoms with Crippen molar-refractivity contribution >= 4 is 23.5 Å². The Balaban J connectivity index is 1.76. The van der Waals surface area contributed by atoms with Gasteiger partial charge in [-0.25, -0.2) is 9.59 Å². The minimum absolute atomic E-state index is 0.204. The SMILES string of the molecule is CCCCCCNC(=O)Nc1ccc(N2CCOC2=O)cc1. The molecule has 1 heterocycles. The van der Waals surface area contributed by atoms with Gasteiger partial charge in [-0.15, -0.1) is 0 Å². The standard InChI is InChI=1S/C16H23N3O3/c1-2-3-4-5-10-17-15(20)18-13-6-8-14(9-7-13)19-11-12-22-16(19)21/h6-9H,2-5,10-12H2,1H3,(H2,17,18,20). The number of rotatable bonds is 7. The molecule has 0 radical (unpaired) electrons. The van der Waals surface area contributed by atoms with Gasteiger partial charge in [0.15, 0.2) is 0 Å². The van der Waals surface area contributed by atoms with Gasteiger partial charge in [0.05, 0.1) is 6.54 Å². The van der Waals surface area contributed by atoms with E-state index in [0.29, 0.717) is 25.4 Å². The molecule has 1 aromatic carbocycles. The van der Waals surface area contributed by atoms with Crippen molar-refractivity contribution in [3.63, 3.8) is 0 Å². The monoisotopic (exact) mass is 305 g/mol. The van der Waals surface area contributed by atoms with Gasteiger partial charge >= 0.3 is 12.1 Å². The highest BCUT2D eigenvalue weighted by Crippen LogP contribution is 2.20. The summed E-state index contributed by atoms with van der Waals surface area (Å²) in [7, 11) is 0. The first-order chi connectivity index (χ1) is 10.7. The lowest BCUT2D eigenvalue weighted by molar-refractivity contribution is 0.181. The zero-order valence-electron chi connectivity index (χ0n) is 12.9. The quantitative estimate of drug-likeness (QED) is 0.759. The van der Waals surface area contributed by atoms with Gasteiger partial charge in [0.1, 0.15) is 6.61 Å². The van der Waals surface area contributed by atoms with Gasteiger partial charge < -0.3 is 15.4 Å². The van der Waals surface area contributed by atoms with E-state index >= 15 is 0 Å². The summed E-state index contributed by atoms with van der Waals surface area (Å²) >= 11 is 0. The summed E-state index contributed by atoms with van der Waals surface area (Å²) in [6, 6.07) is 6.94. The van der Waals surface area contributed by atoms with Crippen LogP contribution in [0.5, 0.6) is 0 Å². The number of nitrogens with zero attached hydrogens (tertiary/aromatic N) is 1. The van der Waals surface area contributed by atoms with Crippen molar-refractivity contribution in [3.05, 3.63) is 24.3 Å². The van der Waals surface area contributed by atoms with Gasteiger partial charge in [-0.2, -0.15) is 0 Å². The summed E-state index contributed by atoms with van der Waals surface area (Å²) < 4.78 is 4.89. The van der Waals surface area contributed by atoms with Crippen molar-refractivity contribution in [1.29, 1.82) is 0 Å². The topological polar surface area (TPSA) is 70.7 Å². The summed E-state index contributed by atoms with van der Waals surface area (Å²) in [5.41, 5.74) is 1.47. The zero-order valence-corrected chi connectivity index (χ0v) is 12.9. The molecular formula is C16H23N3O3. The smallest absolute Gasteiger partial charge is 0.414 e. The second-order valence-corrected chi connectivity index (χ2v) is 5.25. The fourth-order valence-corrected chi connectivity index (χ4v) is 2.28. The van der Waals surface area contributed by atoms with Crippen LogP contribution in [0.3, 0.4) is 0 Å². The predicted octanol–water partition coefficient (Wildman–Crippen LogP) is 3.35. The number of hydrogen-bond donors (Lipinski definition) is 2. The molecule has 2 N–H and O–H groups in total. The molecule has 0 spiro atoms. The lowest BCUT2D eigenvalue weighted by Gasteiger charge is -2.13. The lowest BCUT2D eigenvalue weighted by atomic mass is 10.2. The first-order valence-corrected chi connectivity index (χ1v) is 7.80. The Labute approximate surface area is 130 Å². The molecule has 1 aliphatic rings. The molecule has 3 amide bonds. The molecule has 1 fully saturated rings. The fraction of sp³-hybridized carbons (Fsp3) is 0.500. The number of carbonyl (C=O) groups is 2. The first-order valence-electron chi connectivity index (χ1n) is 7.80. The second-order valence-electron chi connectivity index (χ2n) is 5.25. The third kappa shape index (κ3) is 4.65. The van der Waals surface area contributed by atoms with Crippen molar-refractivity contribution in [2.24, 2.45) is 0 Å². The van der Waals surface area contributed by atoms with Crippen LogP contribution in [0.15, 0.2) is 24.3 Å². The Bertz CT molecular complexity index is 502. The van der Waals surface area contributed by atoms with E-state index in [1.54, 1.807) is 29.2 Å². The number of amides is 3. The number of unbranched alkanes of at least 4 members (excludes halogenated alkanes) is 3. The minimum atomic E-state index is -0.328. The minimum Gasteiger partial charge on any atom is -0.447 e. The van der Waals surface area contributed by atoms with Crippen molar-refractivity contribution in [2.75, 3.05) is 29.9 Å². The molecule has 0 saturated carbocycles. The van der Waals surface area contributed by atoms with Crippen LogP contribution in [0.25, 0.3) is 0 Å². The number of benzene rings is 1. The highest BCUT2D eigenvalue weighted by Gasteiger charge is 2.23. The molecule has 0 unspecified atom stereocenters. The van der Waals surface area contributed by atoms with Crippen LogP contribution in [0, 0.1) is 0 Å². The van der Waals surface area contributed by atoms with E-state index in [1.807, 2.05) is 0 Å². The van der Waals surface area contributed by atoms with Crippen LogP contribution >= 0.6 is 0 Å². The number of nitrogens with one attached hydrogen (secondary N) is 2. The molecular weight excluding hydrogens is 282 g/mol. The zero-order chi connectivity index (χ0) is 15.8. The third-order valence-corrected chi connectivity index (χ3v) is 3.51. The largest absolute Gasteiger partial charge is 0.447 e. The Kier molecular flexibility index (Phi) is 6.06. The molecule has 1 aliphatic heterocycles. The maximum Gasteiger partial charge on any atom is 0.414 e. The molecule has 1 aromatic rings. The molecule has 0 atom stereocenters. The van der Waals surface area contributed by atoms with E-state index in [4.69, 9.17) is 4.74 Å². The van der Waals surface area contributed by atoms with Crippen LogP contribution in [0.1, 0.15) is 32.6 Å². The molecule has 2 rings (SSSR count). The van der Waals surface area contributed by atoms with Crippen molar-refractivity contribution in [1.82, 2.24) is 5.32 Å². The van der Waals surface area contributed by atoms with Crippen molar-refractivity contribution < 1.29 is 14.3 Å². The molecule has 0 aromatic heterocycles. The number of urea groups is 1. The summed E-state index contributed by atoms with van der Waals surface area (Å²) in [6.07, 6.45) is 4.19. The van der Waals surface area contributed by atoms with E-state index in [2.05, 4.69) is 17.6 Å². The lowest BCUT2D eigenvalue weighted by Crippen LogP contribution is -2.29. The van der Waals surface area contributed by atoms with Gasteiger partial charge in [-0.05, 0) is 30.7 Å².